The molecule has 0 aliphatic carbocycles. The van der Waals surface area contributed by atoms with Crippen LogP contribution in [0, 0.1) is 20.2 Å². The maximum atomic E-state index is 10.2. The van der Waals surface area contributed by atoms with Gasteiger partial charge in [0.2, 0.25) is 0 Å². The molecule has 0 amide bonds. The Morgan fingerprint density at radius 3 is 1.64 bits per heavy atom. The Morgan fingerprint density at radius 1 is 1.00 bits per heavy atom. The van der Waals surface area contributed by atoms with Crippen LogP contribution < -0.4 is 0 Å². The monoisotopic (exact) mass is 196 g/mol. The van der Waals surface area contributed by atoms with Crippen LogP contribution in [0.25, 0.3) is 0 Å². The normalized spacial score (nSPS) is 8.29. The summed E-state index contributed by atoms with van der Waals surface area (Å²) in [6.07, 6.45) is 0. The summed E-state index contributed by atoms with van der Waals surface area (Å²) in [5.41, 5.74) is -0.548. The topological polar surface area (TPSA) is 86.3 Å². The Hall–Kier alpha value is -2.24. The summed E-state index contributed by atoms with van der Waals surface area (Å²) >= 11 is 0. The Bertz CT molecular complexity index is 322. The van der Waals surface area contributed by atoms with Crippen LogP contribution in [0.3, 0.4) is 0 Å². The third-order valence-electron chi connectivity index (χ3n) is 1.25. The average Bonchev–Trinajstić information content (AvgIpc) is 2.21. The van der Waals surface area contributed by atoms with E-state index in [4.69, 9.17) is 0 Å². The largest absolute Gasteiger partial charge is 0.276 e. The van der Waals surface area contributed by atoms with Crippen LogP contribution in [0.4, 0.5) is 11.4 Å². The van der Waals surface area contributed by atoms with Gasteiger partial charge in [0.05, 0.1) is 15.9 Å². The van der Waals surface area contributed by atoms with Gasteiger partial charge < -0.3 is 0 Å². The minimum Gasteiger partial charge on any atom is -0.258 e. The van der Waals surface area contributed by atoms with Crippen molar-refractivity contribution in [2.75, 3.05) is 0 Å². The highest BCUT2D eigenvalue weighted by Gasteiger charge is 2.11. The fraction of sp³-hybridized carbons (Fsp3) is 0. The number of benzene rings is 1. The quantitative estimate of drug-likeness (QED) is 0.412. The zero-order valence-corrected chi connectivity index (χ0v) is 7.25. The first-order valence-electron chi connectivity index (χ1n) is 3.50. The van der Waals surface area contributed by atoms with Gasteiger partial charge in [-0.15, -0.1) is 13.2 Å². The molecule has 14 heavy (non-hydrogen) atoms. The molecule has 0 saturated carbocycles. The van der Waals surface area contributed by atoms with Crippen molar-refractivity contribution in [1.29, 1.82) is 0 Å². The van der Waals surface area contributed by atoms with Crippen LogP contribution in [-0.4, -0.2) is 9.85 Å². The Kier molecular flexibility index (Phi) is 4.55. The molecule has 0 heterocycles. The molecule has 0 bridgehead atoms. The van der Waals surface area contributed by atoms with Crippen molar-refractivity contribution in [3.05, 3.63) is 57.7 Å². The van der Waals surface area contributed by atoms with E-state index in [1.807, 2.05) is 0 Å². The first-order chi connectivity index (χ1) is 6.61. The van der Waals surface area contributed by atoms with E-state index in [0.717, 1.165) is 6.07 Å². The van der Waals surface area contributed by atoms with Gasteiger partial charge in [0.25, 0.3) is 11.4 Å². The molecule has 1 rings (SSSR count). The highest BCUT2D eigenvalue weighted by molar-refractivity contribution is 5.42. The number of nitrogens with zero attached hydrogens (tertiary/aromatic N) is 2. The standard InChI is InChI=1S/C6H4N2O4.C2H4/c9-7(10)5-2-1-3-6(4-5)8(11)12;1-2/h1-4H;1-2H2. The van der Waals surface area contributed by atoms with E-state index in [9.17, 15) is 20.2 Å². The number of hydrogen-bond donors (Lipinski definition) is 0. The second-order valence-corrected chi connectivity index (χ2v) is 2.03. The predicted octanol–water partition coefficient (Wildman–Crippen LogP) is 2.31. The van der Waals surface area contributed by atoms with E-state index in [0.29, 0.717) is 0 Å². The number of nitro groups is 2. The molecule has 1 aromatic rings. The molecule has 74 valence electrons. The molecule has 0 atom stereocenters. The van der Waals surface area contributed by atoms with Crippen molar-refractivity contribution in [3.63, 3.8) is 0 Å². The number of rotatable bonds is 2. The molecular weight excluding hydrogens is 188 g/mol. The molecule has 1 aromatic carbocycles. The first kappa shape index (κ1) is 11.8. The van der Waals surface area contributed by atoms with Gasteiger partial charge >= 0.3 is 0 Å². The highest BCUT2D eigenvalue weighted by atomic mass is 16.6. The zero-order valence-electron chi connectivity index (χ0n) is 7.25. The highest BCUT2D eigenvalue weighted by Crippen LogP contribution is 2.18. The Balaban J connectivity index is 0.000000791. The van der Waals surface area contributed by atoms with E-state index >= 15 is 0 Å². The summed E-state index contributed by atoms with van der Waals surface area (Å²) in [4.78, 5) is 19.0. The Morgan fingerprint density at radius 2 is 1.36 bits per heavy atom. The second-order valence-electron chi connectivity index (χ2n) is 2.03. The van der Waals surface area contributed by atoms with E-state index in [2.05, 4.69) is 13.2 Å². The predicted molar refractivity (Wildman–Crippen MR) is 51.0 cm³/mol. The van der Waals surface area contributed by atoms with Crippen LogP contribution in [0.5, 0.6) is 0 Å². The lowest BCUT2D eigenvalue weighted by Gasteiger charge is -1.90. The molecule has 0 aromatic heterocycles. The second kappa shape index (κ2) is 5.41. The number of hydrogen-bond acceptors (Lipinski definition) is 4. The lowest BCUT2D eigenvalue weighted by molar-refractivity contribution is -0.394. The molecule has 0 spiro atoms. The van der Waals surface area contributed by atoms with Crippen molar-refractivity contribution < 1.29 is 9.85 Å². The molecule has 0 aliphatic rings. The summed E-state index contributed by atoms with van der Waals surface area (Å²) in [5, 5.41) is 20.3. The van der Waals surface area contributed by atoms with Crippen LogP contribution in [-0.2, 0) is 0 Å². The van der Waals surface area contributed by atoms with E-state index < -0.39 is 9.85 Å². The van der Waals surface area contributed by atoms with Crippen molar-refractivity contribution >= 4 is 11.4 Å². The van der Waals surface area contributed by atoms with Crippen LogP contribution in [0.15, 0.2) is 37.4 Å². The first-order valence-corrected chi connectivity index (χ1v) is 3.50. The maximum Gasteiger partial charge on any atom is 0.276 e. The van der Waals surface area contributed by atoms with E-state index in [1.54, 1.807) is 0 Å². The van der Waals surface area contributed by atoms with E-state index in [1.165, 1.54) is 18.2 Å². The number of nitro benzene ring substituents is 2. The van der Waals surface area contributed by atoms with Gasteiger partial charge in [0.15, 0.2) is 0 Å². The summed E-state index contributed by atoms with van der Waals surface area (Å²) in [7, 11) is 0. The van der Waals surface area contributed by atoms with Crippen molar-refractivity contribution in [1.82, 2.24) is 0 Å². The van der Waals surface area contributed by atoms with Crippen molar-refractivity contribution in [2.45, 2.75) is 0 Å². The molecular formula is C8H8N2O4. The van der Waals surface area contributed by atoms with Crippen LogP contribution in [0.2, 0.25) is 0 Å². The molecule has 0 N–H and O–H groups in total. The average molecular weight is 196 g/mol. The third kappa shape index (κ3) is 3.02. The smallest absolute Gasteiger partial charge is 0.258 e. The molecule has 0 unspecified atom stereocenters. The molecule has 0 fully saturated rings. The number of non-ortho nitro benzene ring substituents is 2. The van der Waals surface area contributed by atoms with Gasteiger partial charge in [0.1, 0.15) is 0 Å². The van der Waals surface area contributed by atoms with E-state index in [-0.39, 0.29) is 11.4 Å². The summed E-state index contributed by atoms with van der Waals surface area (Å²) < 4.78 is 0. The van der Waals surface area contributed by atoms with Gasteiger partial charge in [0, 0.05) is 12.1 Å². The summed E-state index contributed by atoms with van der Waals surface area (Å²) in [5.74, 6) is 0. The van der Waals surface area contributed by atoms with Gasteiger partial charge in [-0.25, -0.2) is 0 Å². The lowest BCUT2D eigenvalue weighted by Crippen LogP contribution is -1.91. The SMILES string of the molecule is C=C.O=[N+]([O-])c1cccc([N+](=O)[O-])c1. The lowest BCUT2D eigenvalue weighted by atomic mass is 10.3. The van der Waals surface area contributed by atoms with Gasteiger partial charge in [-0.1, -0.05) is 0 Å². The fourth-order valence-corrected chi connectivity index (χ4v) is 0.720. The fourth-order valence-electron chi connectivity index (χ4n) is 0.720. The molecule has 0 aliphatic heterocycles. The molecule has 6 nitrogen and oxygen atoms in total. The van der Waals surface area contributed by atoms with Gasteiger partial charge in [-0.05, 0) is 6.07 Å². The summed E-state index contributed by atoms with van der Waals surface area (Å²) in [6.45, 7) is 6.00. The molecule has 0 radical (unpaired) electrons. The minimum absolute atomic E-state index is 0.274. The third-order valence-corrected chi connectivity index (χ3v) is 1.25. The van der Waals surface area contributed by atoms with Gasteiger partial charge in [-0.3, -0.25) is 20.2 Å². The summed E-state index contributed by atoms with van der Waals surface area (Å²) in [6, 6.07) is 4.59. The maximum absolute atomic E-state index is 10.2. The zero-order chi connectivity index (χ0) is 11.1. The molecule has 6 heteroatoms. The van der Waals surface area contributed by atoms with Crippen molar-refractivity contribution in [3.8, 4) is 0 Å². The van der Waals surface area contributed by atoms with Crippen LogP contribution in [0.1, 0.15) is 0 Å². The van der Waals surface area contributed by atoms with Gasteiger partial charge in [-0.2, -0.15) is 0 Å². The Labute approximate surface area is 79.8 Å². The molecule has 0 saturated heterocycles. The van der Waals surface area contributed by atoms with Crippen molar-refractivity contribution in [2.24, 2.45) is 0 Å². The van der Waals surface area contributed by atoms with Crippen LogP contribution >= 0.6 is 0 Å². The minimum atomic E-state index is -0.674.